The van der Waals surface area contributed by atoms with E-state index in [-0.39, 0.29) is 6.10 Å². The highest BCUT2D eigenvalue weighted by molar-refractivity contribution is 5.95. The van der Waals surface area contributed by atoms with Crippen molar-refractivity contribution in [3.05, 3.63) is 36.0 Å². The van der Waals surface area contributed by atoms with Gasteiger partial charge in [-0.25, -0.2) is 0 Å². The third-order valence-electron chi connectivity index (χ3n) is 3.79. The van der Waals surface area contributed by atoms with Crippen molar-refractivity contribution in [1.82, 2.24) is 4.98 Å². The van der Waals surface area contributed by atoms with E-state index in [1.54, 1.807) is 12.3 Å². The number of hydrogen-bond donors (Lipinski definition) is 1. The monoisotopic (exact) mass is 296 g/mol. The van der Waals surface area contributed by atoms with Gasteiger partial charge >= 0.3 is 0 Å². The molecule has 6 heteroatoms. The molecule has 0 unspecified atom stereocenters. The second kappa shape index (κ2) is 5.62. The van der Waals surface area contributed by atoms with Crippen LogP contribution in [0.1, 0.15) is 12.5 Å². The Balaban J connectivity index is 2.07. The maximum absolute atomic E-state index is 11.5. The topological polar surface area (TPSA) is 92.2 Å². The van der Waals surface area contributed by atoms with Crippen LogP contribution in [0.4, 0.5) is 5.69 Å². The van der Waals surface area contributed by atoms with Crippen molar-refractivity contribution in [3.8, 4) is 6.07 Å². The van der Waals surface area contributed by atoms with Crippen molar-refractivity contribution in [2.24, 2.45) is 5.73 Å². The zero-order chi connectivity index (χ0) is 15.7. The Hall–Kier alpha value is -2.65. The molecule has 0 radical (unpaired) electrons. The lowest BCUT2D eigenvalue weighted by atomic mass is 10.1. The number of nitrogens with zero attached hydrogens (tertiary/aromatic N) is 3. The molecule has 1 saturated heterocycles. The summed E-state index contributed by atoms with van der Waals surface area (Å²) in [4.78, 5) is 17.8. The number of anilines is 1. The third-order valence-corrected chi connectivity index (χ3v) is 3.79. The van der Waals surface area contributed by atoms with Crippen LogP contribution in [-0.4, -0.2) is 36.2 Å². The molecular formula is C16H16N4O2. The summed E-state index contributed by atoms with van der Waals surface area (Å²) in [5.41, 5.74) is 7.51. The van der Waals surface area contributed by atoms with E-state index in [0.717, 1.165) is 11.1 Å². The molecule has 1 aromatic heterocycles. The molecule has 22 heavy (non-hydrogen) atoms. The lowest BCUT2D eigenvalue weighted by molar-refractivity contribution is -0.133. The van der Waals surface area contributed by atoms with Crippen LogP contribution in [-0.2, 0) is 9.53 Å². The largest absolute Gasteiger partial charge is 0.367 e. The molecule has 112 valence electrons. The molecule has 3 rings (SSSR count). The van der Waals surface area contributed by atoms with Crippen molar-refractivity contribution in [2.45, 2.75) is 19.1 Å². The number of morpholine rings is 1. The quantitative estimate of drug-likeness (QED) is 0.898. The van der Waals surface area contributed by atoms with E-state index >= 15 is 0 Å². The Morgan fingerprint density at radius 3 is 3.00 bits per heavy atom. The van der Waals surface area contributed by atoms with Crippen LogP contribution in [0.25, 0.3) is 10.9 Å². The van der Waals surface area contributed by atoms with Gasteiger partial charge in [0.05, 0.1) is 23.7 Å². The number of pyridine rings is 1. The molecule has 1 aromatic carbocycles. The van der Waals surface area contributed by atoms with Crippen LogP contribution in [0.2, 0.25) is 0 Å². The molecule has 2 N–H and O–H groups in total. The minimum Gasteiger partial charge on any atom is -0.367 e. The lowest BCUT2D eigenvalue weighted by Gasteiger charge is -2.37. The minimum atomic E-state index is -0.633. The summed E-state index contributed by atoms with van der Waals surface area (Å²) in [5, 5.41) is 10.1. The molecular weight excluding hydrogens is 280 g/mol. The SMILES string of the molecule is C[C@@H]1CN(c2ccc(C#N)c3ncccc23)C[C@H](C(N)=O)O1. The Bertz CT molecular complexity index is 768. The molecule has 1 aliphatic rings. The summed E-state index contributed by atoms with van der Waals surface area (Å²) in [6.45, 7) is 2.96. The molecule has 0 aliphatic carbocycles. The van der Waals surface area contributed by atoms with Gasteiger partial charge in [0.15, 0.2) is 6.10 Å². The third kappa shape index (κ3) is 2.47. The molecule has 1 amide bonds. The van der Waals surface area contributed by atoms with Crippen molar-refractivity contribution < 1.29 is 9.53 Å². The highest BCUT2D eigenvalue weighted by Gasteiger charge is 2.30. The van der Waals surface area contributed by atoms with Crippen LogP contribution in [0, 0.1) is 11.3 Å². The van der Waals surface area contributed by atoms with E-state index in [1.165, 1.54) is 0 Å². The van der Waals surface area contributed by atoms with Crippen molar-refractivity contribution >= 4 is 22.5 Å². The van der Waals surface area contributed by atoms with Gasteiger partial charge in [-0.1, -0.05) is 0 Å². The first-order chi connectivity index (χ1) is 10.6. The molecule has 1 aliphatic heterocycles. The Morgan fingerprint density at radius 1 is 1.45 bits per heavy atom. The first-order valence-corrected chi connectivity index (χ1v) is 7.07. The van der Waals surface area contributed by atoms with Gasteiger partial charge in [-0.15, -0.1) is 0 Å². The first kappa shape index (κ1) is 14.3. The first-order valence-electron chi connectivity index (χ1n) is 7.07. The number of carbonyl (C=O) groups excluding carboxylic acids is 1. The highest BCUT2D eigenvalue weighted by atomic mass is 16.5. The van der Waals surface area contributed by atoms with Gasteiger partial charge in [-0.3, -0.25) is 9.78 Å². The average Bonchev–Trinajstić information content (AvgIpc) is 2.53. The number of benzene rings is 1. The van der Waals surface area contributed by atoms with Gasteiger partial charge in [-0.2, -0.15) is 5.26 Å². The second-order valence-corrected chi connectivity index (χ2v) is 5.39. The van der Waals surface area contributed by atoms with Crippen LogP contribution in [0.15, 0.2) is 30.5 Å². The normalized spacial score (nSPS) is 21.5. The Morgan fingerprint density at radius 2 is 2.27 bits per heavy atom. The zero-order valence-corrected chi connectivity index (χ0v) is 12.2. The number of carbonyl (C=O) groups is 1. The summed E-state index contributed by atoms with van der Waals surface area (Å²) in [6, 6.07) is 9.56. The predicted octanol–water partition coefficient (Wildman–Crippen LogP) is 1.19. The van der Waals surface area contributed by atoms with Gasteiger partial charge in [0.25, 0.3) is 0 Å². The smallest absolute Gasteiger partial charge is 0.248 e. The molecule has 0 saturated carbocycles. The summed E-state index contributed by atoms with van der Waals surface area (Å²) < 4.78 is 5.57. The van der Waals surface area contributed by atoms with E-state index in [2.05, 4.69) is 16.0 Å². The Kier molecular flexibility index (Phi) is 3.65. The summed E-state index contributed by atoms with van der Waals surface area (Å²) in [6.07, 6.45) is 0.931. The molecule has 0 spiro atoms. The molecule has 6 nitrogen and oxygen atoms in total. The van der Waals surface area contributed by atoms with Crippen molar-refractivity contribution in [3.63, 3.8) is 0 Å². The molecule has 2 atom stereocenters. The van der Waals surface area contributed by atoms with Gasteiger partial charge in [0.2, 0.25) is 5.91 Å². The molecule has 0 bridgehead atoms. The fourth-order valence-electron chi connectivity index (χ4n) is 2.83. The number of nitrogens with two attached hydrogens (primary N) is 1. The van der Waals surface area contributed by atoms with E-state index in [1.807, 2.05) is 25.1 Å². The number of rotatable bonds is 2. The van der Waals surface area contributed by atoms with E-state index in [9.17, 15) is 10.1 Å². The minimum absolute atomic E-state index is 0.103. The maximum atomic E-state index is 11.5. The van der Waals surface area contributed by atoms with E-state index < -0.39 is 12.0 Å². The average molecular weight is 296 g/mol. The highest BCUT2D eigenvalue weighted by Crippen LogP contribution is 2.30. The summed E-state index contributed by atoms with van der Waals surface area (Å²) in [5.74, 6) is -0.465. The number of aromatic nitrogens is 1. The summed E-state index contributed by atoms with van der Waals surface area (Å²) >= 11 is 0. The Labute approximate surface area is 128 Å². The van der Waals surface area contributed by atoms with Crippen molar-refractivity contribution in [2.75, 3.05) is 18.0 Å². The van der Waals surface area contributed by atoms with E-state index in [0.29, 0.717) is 24.2 Å². The fraction of sp³-hybridized carbons (Fsp3) is 0.312. The molecule has 2 heterocycles. The van der Waals surface area contributed by atoms with E-state index in [4.69, 9.17) is 10.5 Å². The van der Waals surface area contributed by atoms with Gasteiger partial charge in [0, 0.05) is 23.8 Å². The van der Waals surface area contributed by atoms with Crippen LogP contribution in [0.5, 0.6) is 0 Å². The number of hydrogen-bond acceptors (Lipinski definition) is 5. The number of ether oxygens (including phenoxy) is 1. The maximum Gasteiger partial charge on any atom is 0.248 e. The number of amides is 1. The van der Waals surface area contributed by atoms with Crippen LogP contribution in [0.3, 0.4) is 0 Å². The van der Waals surface area contributed by atoms with Crippen molar-refractivity contribution in [1.29, 1.82) is 5.26 Å². The molecule has 2 aromatic rings. The van der Waals surface area contributed by atoms with Crippen LogP contribution < -0.4 is 10.6 Å². The van der Waals surface area contributed by atoms with Gasteiger partial charge < -0.3 is 15.4 Å². The van der Waals surface area contributed by atoms with Gasteiger partial charge in [0.1, 0.15) is 6.07 Å². The lowest BCUT2D eigenvalue weighted by Crippen LogP contribution is -2.51. The standard InChI is InChI=1S/C16H16N4O2/c1-10-8-20(9-14(22-10)16(18)21)13-5-4-11(7-17)15-12(13)3-2-6-19-15/h2-6,10,14H,8-9H2,1H3,(H2,18,21)/t10-,14-/m1/s1. The molecule has 1 fully saturated rings. The van der Waals surface area contributed by atoms with Crippen LogP contribution >= 0.6 is 0 Å². The van der Waals surface area contributed by atoms with Gasteiger partial charge in [-0.05, 0) is 31.2 Å². The number of primary amides is 1. The number of nitriles is 1. The summed E-state index contributed by atoms with van der Waals surface area (Å²) in [7, 11) is 0. The fourth-order valence-corrected chi connectivity index (χ4v) is 2.83. The predicted molar refractivity (Wildman–Crippen MR) is 82.2 cm³/mol. The number of fused-ring (bicyclic) bond motifs is 1. The zero-order valence-electron chi connectivity index (χ0n) is 12.2. The second-order valence-electron chi connectivity index (χ2n) is 5.39.